The number of ether oxygens (including phenoxy) is 1. The Morgan fingerprint density at radius 3 is 2.47 bits per heavy atom. The van der Waals surface area contributed by atoms with Crippen LogP contribution >= 0.6 is 0 Å². The van der Waals surface area contributed by atoms with Crippen molar-refractivity contribution in [1.29, 1.82) is 0 Å². The molecule has 1 atom stereocenters. The van der Waals surface area contributed by atoms with Crippen LogP contribution in [0.4, 0.5) is 4.39 Å². The second-order valence-electron chi connectivity index (χ2n) is 4.96. The van der Waals surface area contributed by atoms with E-state index in [2.05, 4.69) is 6.92 Å². The quantitative estimate of drug-likeness (QED) is 0.662. The molecule has 0 aliphatic heterocycles. The molecule has 1 rings (SSSR count). The van der Waals surface area contributed by atoms with Gasteiger partial charge in [0.1, 0.15) is 11.6 Å². The lowest BCUT2D eigenvalue weighted by Crippen LogP contribution is -2.01. The molecular formula is C16H25FO2. The molecule has 0 spiro atoms. The van der Waals surface area contributed by atoms with E-state index in [1.165, 1.54) is 38.9 Å². The van der Waals surface area contributed by atoms with Crippen molar-refractivity contribution >= 4 is 0 Å². The van der Waals surface area contributed by atoms with Crippen molar-refractivity contribution in [2.45, 2.75) is 58.0 Å². The maximum absolute atomic E-state index is 13.7. The summed E-state index contributed by atoms with van der Waals surface area (Å²) in [7, 11) is 1.50. The smallest absolute Gasteiger partial charge is 0.132 e. The average molecular weight is 268 g/mol. The van der Waals surface area contributed by atoms with Gasteiger partial charge >= 0.3 is 0 Å². The molecule has 0 fully saturated rings. The minimum atomic E-state index is -0.711. The highest BCUT2D eigenvalue weighted by Crippen LogP contribution is 2.25. The van der Waals surface area contributed by atoms with E-state index in [-0.39, 0.29) is 0 Å². The molecule has 19 heavy (non-hydrogen) atoms. The summed E-state index contributed by atoms with van der Waals surface area (Å²) in [5.41, 5.74) is 0.370. The lowest BCUT2D eigenvalue weighted by Gasteiger charge is -2.12. The molecule has 0 amide bonds. The molecule has 1 aromatic carbocycles. The van der Waals surface area contributed by atoms with Gasteiger partial charge in [-0.25, -0.2) is 4.39 Å². The van der Waals surface area contributed by atoms with E-state index in [4.69, 9.17) is 4.74 Å². The number of aliphatic hydroxyl groups excluding tert-OH is 1. The Balaban J connectivity index is 2.34. The Labute approximate surface area is 115 Å². The fourth-order valence-electron chi connectivity index (χ4n) is 2.18. The normalized spacial score (nSPS) is 12.4. The monoisotopic (exact) mass is 268 g/mol. The highest BCUT2D eigenvalue weighted by Gasteiger charge is 2.13. The van der Waals surface area contributed by atoms with Gasteiger partial charge in [0.15, 0.2) is 0 Å². The van der Waals surface area contributed by atoms with Crippen LogP contribution in [0.15, 0.2) is 18.2 Å². The van der Waals surface area contributed by atoms with Crippen LogP contribution in [0, 0.1) is 5.82 Å². The molecule has 0 aliphatic carbocycles. The summed E-state index contributed by atoms with van der Waals surface area (Å²) in [5, 5.41) is 9.99. The largest absolute Gasteiger partial charge is 0.497 e. The standard InChI is InChI=1S/C16H25FO2/c1-3-4-5-6-7-8-9-16(18)14-11-10-13(19-2)12-15(14)17/h10-12,16,18H,3-9H2,1-2H3. The van der Waals surface area contributed by atoms with E-state index in [1.54, 1.807) is 12.1 Å². The van der Waals surface area contributed by atoms with Crippen LogP contribution in [0.3, 0.4) is 0 Å². The molecule has 0 radical (unpaired) electrons. The van der Waals surface area contributed by atoms with Gasteiger partial charge in [-0.15, -0.1) is 0 Å². The molecule has 0 aromatic heterocycles. The van der Waals surface area contributed by atoms with Gasteiger partial charge in [-0.05, 0) is 18.6 Å². The number of hydrogen-bond donors (Lipinski definition) is 1. The van der Waals surface area contributed by atoms with Crippen molar-refractivity contribution in [3.05, 3.63) is 29.6 Å². The Hall–Kier alpha value is -1.09. The zero-order chi connectivity index (χ0) is 14.1. The van der Waals surface area contributed by atoms with Gasteiger partial charge in [0, 0.05) is 11.6 Å². The lowest BCUT2D eigenvalue weighted by atomic mass is 10.0. The number of rotatable bonds is 9. The first-order chi connectivity index (χ1) is 9.19. The molecule has 1 unspecified atom stereocenters. The molecule has 3 heteroatoms. The Bertz CT molecular complexity index is 366. The van der Waals surface area contributed by atoms with E-state index in [1.807, 2.05) is 0 Å². The van der Waals surface area contributed by atoms with Crippen molar-refractivity contribution in [2.75, 3.05) is 7.11 Å². The van der Waals surface area contributed by atoms with Gasteiger partial charge in [0.05, 0.1) is 13.2 Å². The van der Waals surface area contributed by atoms with Crippen LogP contribution in [-0.2, 0) is 0 Å². The Morgan fingerprint density at radius 2 is 1.84 bits per heavy atom. The maximum Gasteiger partial charge on any atom is 0.132 e. The predicted molar refractivity (Wildman–Crippen MR) is 75.9 cm³/mol. The van der Waals surface area contributed by atoms with Gasteiger partial charge in [0.25, 0.3) is 0 Å². The molecule has 0 bridgehead atoms. The summed E-state index contributed by atoms with van der Waals surface area (Å²) in [6.45, 7) is 2.19. The maximum atomic E-state index is 13.7. The van der Waals surface area contributed by atoms with E-state index < -0.39 is 11.9 Å². The fourth-order valence-corrected chi connectivity index (χ4v) is 2.18. The highest BCUT2D eigenvalue weighted by molar-refractivity contribution is 5.30. The third kappa shape index (κ3) is 5.60. The minimum absolute atomic E-state index is 0.370. The summed E-state index contributed by atoms with van der Waals surface area (Å²) in [6.07, 6.45) is 6.92. The van der Waals surface area contributed by atoms with Gasteiger partial charge < -0.3 is 9.84 Å². The molecule has 0 saturated carbocycles. The van der Waals surface area contributed by atoms with Crippen LogP contribution in [0.25, 0.3) is 0 Å². The van der Waals surface area contributed by atoms with E-state index in [9.17, 15) is 9.50 Å². The Kier molecular flexibility index (Phi) is 7.49. The molecule has 0 aliphatic rings. The fraction of sp³-hybridized carbons (Fsp3) is 0.625. The first kappa shape index (κ1) is 16.0. The zero-order valence-corrected chi connectivity index (χ0v) is 12.0. The van der Waals surface area contributed by atoms with Crippen molar-refractivity contribution in [2.24, 2.45) is 0 Å². The van der Waals surface area contributed by atoms with Gasteiger partial charge in [-0.2, -0.15) is 0 Å². The Morgan fingerprint density at radius 1 is 1.16 bits per heavy atom. The number of halogens is 1. The van der Waals surface area contributed by atoms with Crippen LogP contribution in [0.2, 0.25) is 0 Å². The van der Waals surface area contributed by atoms with Crippen molar-refractivity contribution in [3.8, 4) is 5.75 Å². The van der Waals surface area contributed by atoms with Gasteiger partial charge in [0.2, 0.25) is 0 Å². The molecule has 108 valence electrons. The summed E-state index contributed by atoms with van der Waals surface area (Å²) >= 11 is 0. The molecule has 1 N–H and O–H groups in total. The summed E-state index contributed by atoms with van der Waals surface area (Å²) in [6, 6.07) is 4.61. The van der Waals surface area contributed by atoms with E-state index in [0.717, 1.165) is 12.8 Å². The number of methoxy groups -OCH3 is 1. The molecule has 0 saturated heterocycles. The van der Waals surface area contributed by atoms with Crippen molar-refractivity contribution < 1.29 is 14.2 Å². The lowest BCUT2D eigenvalue weighted by molar-refractivity contribution is 0.158. The van der Waals surface area contributed by atoms with Crippen molar-refractivity contribution in [1.82, 2.24) is 0 Å². The van der Waals surface area contributed by atoms with Crippen LogP contribution in [0.5, 0.6) is 5.75 Å². The number of benzene rings is 1. The number of hydrogen-bond acceptors (Lipinski definition) is 2. The summed E-state index contributed by atoms with van der Waals surface area (Å²) < 4.78 is 18.7. The molecule has 1 aromatic rings. The number of unbranched alkanes of at least 4 members (excludes halogenated alkanes) is 5. The minimum Gasteiger partial charge on any atom is -0.497 e. The third-order valence-electron chi connectivity index (χ3n) is 3.40. The van der Waals surface area contributed by atoms with Crippen LogP contribution in [0.1, 0.15) is 63.5 Å². The first-order valence-electron chi connectivity index (χ1n) is 7.20. The van der Waals surface area contributed by atoms with Crippen LogP contribution in [-0.4, -0.2) is 12.2 Å². The third-order valence-corrected chi connectivity index (χ3v) is 3.40. The zero-order valence-electron chi connectivity index (χ0n) is 12.0. The van der Waals surface area contributed by atoms with Gasteiger partial charge in [-0.1, -0.05) is 45.4 Å². The second-order valence-corrected chi connectivity index (χ2v) is 4.96. The van der Waals surface area contributed by atoms with E-state index >= 15 is 0 Å². The predicted octanol–water partition coefficient (Wildman–Crippen LogP) is 4.62. The first-order valence-corrected chi connectivity index (χ1v) is 7.20. The van der Waals surface area contributed by atoms with Crippen LogP contribution < -0.4 is 4.74 Å². The number of aliphatic hydroxyl groups is 1. The second kappa shape index (κ2) is 8.92. The van der Waals surface area contributed by atoms with Crippen molar-refractivity contribution in [3.63, 3.8) is 0 Å². The molecular weight excluding hydrogens is 243 g/mol. The molecule has 0 heterocycles. The molecule has 2 nitrogen and oxygen atoms in total. The SMILES string of the molecule is CCCCCCCCC(O)c1ccc(OC)cc1F. The average Bonchev–Trinajstić information content (AvgIpc) is 2.42. The van der Waals surface area contributed by atoms with Gasteiger partial charge in [-0.3, -0.25) is 0 Å². The van der Waals surface area contributed by atoms with E-state index in [0.29, 0.717) is 17.7 Å². The summed E-state index contributed by atoms with van der Waals surface area (Å²) in [5.74, 6) is 0.0887. The topological polar surface area (TPSA) is 29.5 Å². The summed E-state index contributed by atoms with van der Waals surface area (Å²) in [4.78, 5) is 0. The highest BCUT2D eigenvalue weighted by atomic mass is 19.1.